The summed E-state index contributed by atoms with van der Waals surface area (Å²) in [5, 5.41) is 0. The first-order chi connectivity index (χ1) is 23.3. The smallest absolute Gasteiger partial charge is 0.290 e. The van der Waals surface area contributed by atoms with Gasteiger partial charge in [0.05, 0.1) is 19.4 Å². The van der Waals surface area contributed by atoms with E-state index in [2.05, 4.69) is 24.3 Å². The van der Waals surface area contributed by atoms with Gasteiger partial charge >= 0.3 is 0 Å². The summed E-state index contributed by atoms with van der Waals surface area (Å²) in [5.74, 6) is -3.13. The third-order valence-corrected chi connectivity index (χ3v) is 8.30. The van der Waals surface area contributed by atoms with Gasteiger partial charge in [-0.1, -0.05) is 66.8 Å². The zero-order chi connectivity index (χ0) is 33.9. The highest BCUT2D eigenvalue weighted by Crippen LogP contribution is 2.20. The molecule has 2 aromatic rings. The summed E-state index contributed by atoms with van der Waals surface area (Å²) in [6.45, 7) is 0.889. The Kier molecular flexibility index (Phi) is 11.6. The van der Waals surface area contributed by atoms with Gasteiger partial charge in [0.2, 0.25) is 11.6 Å². The normalized spacial score (nSPS) is 17.0. The van der Waals surface area contributed by atoms with Gasteiger partial charge in [0, 0.05) is 43.2 Å². The lowest BCUT2D eigenvalue weighted by atomic mass is 10.0. The molecule has 248 valence electrons. The van der Waals surface area contributed by atoms with Crippen LogP contribution < -0.4 is 9.47 Å². The molecule has 1 atom stereocenters. The Bertz CT molecular complexity index is 1690. The lowest BCUT2D eigenvalue weighted by Crippen LogP contribution is -2.53. The van der Waals surface area contributed by atoms with Gasteiger partial charge in [-0.05, 0) is 49.1 Å². The van der Waals surface area contributed by atoms with Crippen LogP contribution in [0.15, 0.2) is 96.6 Å². The predicted octanol–water partition coefficient (Wildman–Crippen LogP) is 4.51. The number of piperazine rings is 1. The second-order valence-corrected chi connectivity index (χ2v) is 11.9. The Morgan fingerprint density at radius 1 is 0.688 bits per heavy atom. The minimum Gasteiger partial charge on any atom is -0.493 e. The zero-order valence-electron chi connectivity index (χ0n) is 26.7. The number of ketones is 4. The van der Waals surface area contributed by atoms with E-state index in [9.17, 15) is 28.8 Å². The first-order valence-corrected chi connectivity index (χ1v) is 16.1. The molecule has 2 amide bonds. The number of allylic oxidation sites excluding steroid dienone is 5. The maximum atomic E-state index is 12.8. The van der Waals surface area contributed by atoms with Crippen LogP contribution in [-0.2, 0) is 19.2 Å². The number of nitrogens with zero attached hydrogens (tertiary/aromatic N) is 2. The fraction of sp³-hybridized carbons (Fsp3) is 0.316. The van der Waals surface area contributed by atoms with Gasteiger partial charge in [-0.25, -0.2) is 0 Å². The van der Waals surface area contributed by atoms with Crippen LogP contribution in [0.1, 0.15) is 52.8 Å². The maximum Gasteiger partial charge on any atom is 0.290 e. The largest absolute Gasteiger partial charge is 0.493 e. The van der Waals surface area contributed by atoms with Gasteiger partial charge in [0.15, 0.2) is 11.6 Å². The molecule has 1 saturated heterocycles. The van der Waals surface area contributed by atoms with Crippen LogP contribution in [0.5, 0.6) is 11.5 Å². The van der Waals surface area contributed by atoms with Crippen LogP contribution in [0.4, 0.5) is 0 Å². The number of amides is 2. The van der Waals surface area contributed by atoms with Crippen LogP contribution in [0.25, 0.3) is 0 Å². The molecule has 0 radical (unpaired) electrons. The van der Waals surface area contributed by atoms with Crippen LogP contribution in [0, 0.1) is 5.92 Å². The van der Waals surface area contributed by atoms with E-state index in [-0.39, 0.29) is 43.2 Å². The summed E-state index contributed by atoms with van der Waals surface area (Å²) in [5.41, 5.74) is 1.58. The molecule has 0 aromatic heterocycles. The minimum absolute atomic E-state index is 0.0186. The van der Waals surface area contributed by atoms with Crippen molar-refractivity contribution >= 4 is 34.9 Å². The van der Waals surface area contributed by atoms with E-state index < -0.39 is 47.8 Å². The lowest BCUT2D eigenvalue weighted by molar-refractivity contribution is -0.149. The Hall–Kier alpha value is -5.38. The summed E-state index contributed by atoms with van der Waals surface area (Å²) < 4.78 is 11.6. The Morgan fingerprint density at radius 3 is 1.79 bits per heavy atom. The van der Waals surface area contributed by atoms with E-state index in [0.29, 0.717) is 24.7 Å². The second kappa shape index (κ2) is 16.4. The quantitative estimate of drug-likeness (QED) is 0.166. The zero-order valence-corrected chi connectivity index (χ0v) is 26.7. The Balaban J connectivity index is 1.05. The number of Topliss-reactive ketones (excluding diaryl/α,β-unsaturated/α-hetero) is 4. The molecule has 1 unspecified atom stereocenters. The summed E-state index contributed by atoms with van der Waals surface area (Å²) >= 11 is 0. The molecular weight excluding hydrogens is 612 g/mol. The average Bonchev–Trinajstić information content (AvgIpc) is 3.13. The molecule has 3 aliphatic rings. The second-order valence-electron chi connectivity index (χ2n) is 11.9. The molecule has 1 heterocycles. The minimum atomic E-state index is -0.858. The molecule has 1 fully saturated rings. The van der Waals surface area contributed by atoms with Crippen molar-refractivity contribution in [1.82, 2.24) is 9.80 Å². The van der Waals surface area contributed by atoms with E-state index in [1.54, 1.807) is 48.5 Å². The third-order valence-electron chi connectivity index (χ3n) is 8.30. The van der Waals surface area contributed by atoms with Crippen LogP contribution in [0.3, 0.4) is 0 Å². The fourth-order valence-corrected chi connectivity index (χ4v) is 5.53. The summed E-state index contributed by atoms with van der Waals surface area (Å²) in [7, 11) is 0. The number of benzene rings is 2. The lowest BCUT2D eigenvalue weighted by Gasteiger charge is -2.34. The highest BCUT2D eigenvalue weighted by Gasteiger charge is 2.31. The molecule has 2 aromatic carbocycles. The molecule has 2 aliphatic carbocycles. The van der Waals surface area contributed by atoms with Gasteiger partial charge < -0.3 is 19.3 Å². The van der Waals surface area contributed by atoms with Gasteiger partial charge in [-0.15, -0.1) is 0 Å². The number of ether oxygens (including phenoxy) is 2. The van der Waals surface area contributed by atoms with E-state index in [1.165, 1.54) is 9.80 Å². The van der Waals surface area contributed by atoms with Crippen molar-refractivity contribution < 1.29 is 38.2 Å². The summed E-state index contributed by atoms with van der Waals surface area (Å²) in [6, 6.07) is 13.0. The Morgan fingerprint density at radius 2 is 1.27 bits per heavy atom. The van der Waals surface area contributed by atoms with Crippen molar-refractivity contribution in [2.75, 3.05) is 39.4 Å². The first-order valence-electron chi connectivity index (χ1n) is 16.1. The molecule has 5 rings (SSSR count). The predicted molar refractivity (Wildman–Crippen MR) is 178 cm³/mol. The summed E-state index contributed by atoms with van der Waals surface area (Å²) in [6.07, 6.45) is 15.9. The maximum absolute atomic E-state index is 12.8. The number of hydrogen-bond acceptors (Lipinski definition) is 8. The van der Waals surface area contributed by atoms with Crippen LogP contribution in [0.2, 0.25) is 0 Å². The molecule has 0 N–H and O–H groups in total. The fourth-order valence-electron chi connectivity index (χ4n) is 5.53. The molecule has 10 nitrogen and oxygen atoms in total. The number of hydrogen-bond donors (Lipinski definition) is 0. The van der Waals surface area contributed by atoms with E-state index in [1.807, 2.05) is 18.2 Å². The van der Waals surface area contributed by atoms with E-state index >= 15 is 0 Å². The third kappa shape index (κ3) is 9.34. The van der Waals surface area contributed by atoms with Gasteiger partial charge in [-0.3, -0.25) is 28.8 Å². The molecule has 1 aliphatic heterocycles. The number of rotatable bonds is 14. The Labute approximate surface area is 279 Å². The molecule has 48 heavy (non-hydrogen) atoms. The standard InChI is InChI=1S/C38H38N2O8/c41-33(29-13-7-15-31(21-29)47-25-27-9-3-1-4-10-27)23-35(43)37(45)39-17-19-40(20-18-39)38(46)36(44)24-34(42)30-14-8-16-32(22-30)48-26-28-11-5-2-6-12-28/h1,3-5,7-9,11-16,21-22,27H,2,6,10,17-20,23-26H2. The van der Waals surface area contributed by atoms with Crippen LogP contribution >= 0.6 is 0 Å². The van der Waals surface area contributed by atoms with Crippen molar-refractivity contribution in [3.05, 3.63) is 108 Å². The average molecular weight is 651 g/mol. The highest BCUT2D eigenvalue weighted by atomic mass is 16.5. The van der Waals surface area contributed by atoms with Gasteiger partial charge in [0.25, 0.3) is 11.8 Å². The van der Waals surface area contributed by atoms with Crippen molar-refractivity contribution in [2.24, 2.45) is 5.92 Å². The summed E-state index contributed by atoms with van der Waals surface area (Å²) in [4.78, 5) is 79.3. The highest BCUT2D eigenvalue weighted by molar-refractivity contribution is 6.41. The number of carbonyl (C=O) groups is 6. The molecule has 0 saturated carbocycles. The number of carbonyl (C=O) groups excluding carboxylic acids is 6. The van der Waals surface area contributed by atoms with Gasteiger partial charge in [0.1, 0.15) is 18.1 Å². The van der Waals surface area contributed by atoms with E-state index in [4.69, 9.17) is 9.47 Å². The van der Waals surface area contributed by atoms with Crippen molar-refractivity contribution in [3.63, 3.8) is 0 Å². The van der Waals surface area contributed by atoms with E-state index in [0.717, 1.165) is 24.8 Å². The topological polar surface area (TPSA) is 127 Å². The molecule has 0 spiro atoms. The molecule has 0 bridgehead atoms. The van der Waals surface area contributed by atoms with Crippen molar-refractivity contribution in [1.29, 1.82) is 0 Å². The van der Waals surface area contributed by atoms with Crippen LogP contribution in [-0.4, -0.2) is 84.1 Å². The molecular formula is C38H38N2O8. The monoisotopic (exact) mass is 650 g/mol. The first kappa shape index (κ1) is 34.0. The van der Waals surface area contributed by atoms with Crippen molar-refractivity contribution in [2.45, 2.75) is 32.1 Å². The SMILES string of the molecule is O=C(CC(=O)c1cccc(OCC2=CCCC=C2)c1)C(=O)N1CCN(C(=O)C(=O)CC(=O)c2cccc(OCC3C=CC=CC3)c2)CC1. The van der Waals surface area contributed by atoms with Gasteiger partial charge in [-0.2, -0.15) is 0 Å². The van der Waals surface area contributed by atoms with Crippen molar-refractivity contribution in [3.8, 4) is 11.5 Å². The molecule has 10 heteroatoms.